The predicted molar refractivity (Wildman–Crippen MR) is 189 cm³/mol. The van der Waals surface area contributed by atoms with E-state index in [9.17, 15) is 5.11 Å². The molecule has 0 fully saturated rings. The van der Waals surface area contributed by atoms with Gasteiger partial charge in [-0.05, 0) is 73.0 Å². The minimum Gasteiger partial charge on any atom is -0.507 e. The van der Waals surface area contributed by atoms with Crippen molar-refractivity contribution < 1.29 is 5.11 Å². The second kappa shape index (κ2) is 13.9. The number of hydrogen-bond acceptors (Lipinski definition) is 1. The van der Waals surface area contributed by atoms with E-state index < -0.39 is 7.92 Å². The quantitative estimate of drug-likeness (QED) is 0.161. The maximum Gasteiger partial charge on any atom is 0.123 e. The van der Waals surface area contributed by atoms with Crippen LogP contribution in [0, 0.1) is 19.8 Å². The van der Waals surface area contributed by atoms with Crippen LogP contribution in [-0.4, -0.2) is 5.11 Å². The molecule has 3 heteroatoms. The van der Waals surface area contributed by atoms with Crippen molar-refractivity contribution in [3.05, 3.63) is 119 Å². The molecule has 0 amide bonds. The molecule has 222 valence electrons. The van der Waals surface area contributed by atoms with Gasteiger partial charge in [-0.2, -0.15) is 0 Å². The standard InChI is InChI=1S/C39H50OP2/c1-9-28(3)26-38(6,7)34-24-29(4)25-35(36(34)40)39(8,10-2)41-37-30(5)18-17-19-31(37)27-42(32-20-13-11-14-21-32)33-22-15-12-16-23-33/h11-25,28,40-41H,9-10,26-27H2,1-8H3. The van der Waals surface area contributed by atoms with Gasteiger partial charge in [0, 0.05) is 22.4 Å². The Hall–Kier alpha value is -2.46. The first-order valence-corrected chi connectivity index (χ1v) is 18.1. The second-order valence-corrected chi connectivity index (χ2v) is 17.0. The van der Waals surface area contributed by atoms with Crippen LogP contribution >= 0.6 is 16.5 Å². The lowest BCUT2D eigenvalue weighted by molar-refractivity contribution is 0.353. The summed E-state index contributed by atoms with van der Waals surface area (Å²) in [5, 5.41) is 16.1. The summed E-state index contributed by atoms with van der Waals surface area (Å²) < 4.78 is 0. The summed E-state index contributed by atoms with van der Waals surface area (Å²) in [4.78, 5) is 0. The number of rotatable bonds is 12. The first-order valence-electron chi connectivity index (χ1n) is 15.6. The summed E-state index contributed by atoms with van der Waals surface area (Å²) >= 11 is 0. The molecule has 0 saturated heterocycles. The molecule has 42 heavy (non-hydrogen) atoms. The highest BCUT2D eigenvalue weighted by atomic mass is 31.1. The van der Waals surface area contributed by atoms with Gasteiger partial charge < -0.3 is 5.11 Å². The van der Waals surface area contributed by atoms with Crippen LogP contribution in [0.4, 0.5) is 0 Å². The van der Waals surface area contributed by atoms with E-state index in [1.165, 1.54) is 32.6 Å². The second-order valence-electron chi connectivity index (χ2n) is 13.0. The lowest BCUT2D eigenvalue weighted by Gasteiger charge is -2.36. The van der Waals surface area contributed by atoms with Gasteiger partial charge in [-0.3, -0.25) is 0 Å². The number of aromatic hydroxyl groups is 1. The van der Waals surface area contributed by atoms with Gasteiger partial charge in [0.15, 0.2) is 0 Å². The molecule has 0 spiro atoms. The van der Waals surface area contributed by atoms with Crippen LogP contribution in [0.3, 0.4) is 0 Å². The Morgan fingerprint density at radius 1 is 0.786 bits per heavy atom. The summed E-state index contributed by atoms with van der Waals surface area (Å²) in [6.07, 6.45) is 4.20. The average molecular weight is 597 g/mol. The molecule has 0 heterocycles. The summed E-state index contributed by atoms with van der Waals surface area (Å²) in [7, 11) is 0.0143. The first-order chi connectivity index (χ1) is 20.0. The van der Waals surface area contributed by atoms with Gasteiger partial charge in [0.1, 0.15) is 5.75 Å². The van der Waals surface area contributed by atoms with Crippen LogP contribution in [-0.2, 0) is 16.7 Å². The predicted octanol–water partition coefficient (Wildman–Crippen LogP) is 9.98. The fourth-order valence-corrected chi connectivity index (χ4v) is 10.4. The number of phenols is 1. The van der Waals surface area contributed by atoms with Crippen molar-refractivity contribution in [2.45, 2.75) is 91.4 Å². The number of aryl methyl sites for hydroxylation is 2. The van der Waals surface area contributed by atoms with Crippen molar-refractivity contribution in [1.82, 2.24) is 0 Å². The molecule has 3 atom stereocenters. The third-order valence-electron chi connectivity index (χ3n) is 9.06. The maximum absolute atomic E-state index is 12.0. The molecule has 4 rings (SSSR count). The van der Waals surface area contributed by atoms with Crippen molar-refractivity contribution in [3.8, 4) is 5.75 Å². The van der Waals surface area contributed by atoms with Gasteiger partial charge >= 0.3 is 0 Å². The molecule has 4 aromatic rings. The normalized spacial score (nSPS) is 14.4. The van der Waals surface area contributed by atoms with Crippen molar-refractivity contribution in [1.29, 1.82) is 0 Å². The number of hydrogen-bond donors (Lipinski definition) is 1. The lowest BCUT2D eigenvalue weighted by Crippen LogP contribution is -2.25. The van der Waals surface area contributed by atoms with Gasteiger partial charge in [-0.15, -0.1) is 0 Å². The van der Waals surface area contributed by atoms with E-state index in [-0.39, 0.29) is 10.6 Å². The third-order valence-corrected chi connectivity index (χ3v) is 13.7. The molecule has 4 aromatic carbocycles. The largest absolute Gasteiger partial charge is 0.507 e. The van der Waals surface area contributed by atoms with E-state index in [4.69, 9.17) is 0 Å². The van der Waals surface area contributed by atoms with E-state index in [2.05, 4.69) is 146 Å². The monoisotopic (exact) mass is 596 g/mol. The number of benzene rings is 4. The van der Waals surface area contributed by atoms with Crippen molar-refractivity contribution in [2.24, 2.45) is 5.92 Å². The SMILES string of the molecule is CCC(C)CC(C)(C)c1cc(C)cc(C(C)(CC)Pc2c(C)cccc2CP(c2ccccc2)c2ccccc2)c1O. The molecule has 0 aliphatic carbocycles. The maximum atomic E-state index is 12.0. The Morgan fingerprint density at radius 2 is 1.36 bits per heavy atom. The van der Waals surface area contributed by atoms with Gasteiger partial charge in [0.05, 0.1) is 0 Å². The smallest absolute Gasteiger partial charge is 0.123 e. The molecule has 3 unspecified atom stereocenters. The molecule has 0 aromatic heterocycles. The fourth-order valence-electron chi connectivity index (χ4n) is 6.22. The Morgan fingerprint density at radius 3 is 1.90 bits per heavy atom. The molecule has 0 bridgehead atoms. The molecule has 1 nitrogen and oxygen atoms in total. The molecule has 0 radical (unpaired) electrons. The zero-order valence-corrected chi connectivity index (χ0v) is 28.9. The van der Waals surface area contributed by atoms with Crippen molar-refractivity contribution in [2.75, 3.05) is 0 Å². The minimum atomic E-state index is -0.543. The molecule has 0 saturated carbocycles. The highest BCUT2D eigenvalue weighted by molar-refractivity contribution is 7.72. The van der Waals surface area contributed by atoms with Gasteiger partial charge in [-0.1, -0.05) is 153 Å². The molecule has 0 aliphatic heterocycles. The van der Waals surface area contributed by atoms with E-state index in [0.29, 0.717) is 20.2 Å². The Balaban J connectivity index is 1.77. The summed E-state index contributed by atoms with van der Waals surface area (Å²) in [6, 6.07) is 33.4. The highest BCUT2D eigenvalue weighted by Crippen LogP contribution is 2.51. The zero-order chi connectivity index (χ0) is 30.5. The summed E-state index contributed by atoms with van der Waals surface area (Å²) in [5.41, 5.74) is 6.15. The topological polar surface area (TPSA) is 20.2 Å². The highest BCUT2D eigenvalue weighted by Gasteiger charge is 2.34. The third kappa shape index (κ3) is 7.36. The van der Waals surface area contributed by atoms with Crippen molar-refractivity contribution >= 4 is 32.4 Å². The van der Waals surface area contributed by atoms with Gasteiger partial charge in [-0.25, -0.2) is 0 Å². The minimum absolute atomic E-state index is 0.0902. The molecule has 0 aliphatic rings. The Labute approximate surface area is 258 Å². The summed E-state index contributed by atoms with van der Waals surface area (Å²) in [6.45, 7) is 18.3. The van der Waals surface area contributed by atoms with Gasteiger partial charge in [0.25, 0.3) is 0 Å². The first kappa shape index (κ1) is 32.5. The Kier molecular flexibility index (Phi) is 10.7. The Bertz CT molecular complexity index is 1420. The lowest BCUT2D eigenvalue weighted by atomic mass is 9.74. The zero-order valence-electron chi connectivity index (χ0n) is 27.0. The fraction of sp³-hybridized carbons (Fsp3) is 0.385. The van der Waals surface area contributed by atoms with E-state index >= 15 is 0 Å². The molecule has 1 N–H and O–H groups in total. The van der Waals surface area contributed by atoms with E-state index in [1.807, 2.05) is 0 Å². The van der Waals surface area contributed by atoms with Crippen LogP contribution in [0.1, 0.15) is 88.6 Å². The van der Waals surface area contributed by atoms with E-state index in [1.54, 1.807) is 0 Å². The molecular weight excluding hydrogens is 546 g/mol. The van der Waals surface area contributed by atoms with Crippen LogP contribution < -0.4 is 15.9 Å². The summed E-state index contributed by atoms with van der Waals surface area (Å²) in [5.74, 6) is 1.12. The van der Waals surface area contributed by atoms with Crippen LogP contribution in [0.25, 0.3) is 0 Å². The van der Waals surface area contributed by atoms with E-state index in [0.717, 1.165) is 36.6 Å². The average Bonchev–Trinajstić information content (AvgIpc) is 2.98. The number of phenolic OH excluding ortho intramolecular Hbond substituents is 1. The van der Waals surface area contributed by atoms with Gasteiger partial charge in [0.2, 0.25) is 0 Å². The van der Waals surface area contributed by atoms with Crippen LogP contribution in [0.15, 0.2) is 91.0 Å². The van der Waals surface area contributed by atoms with Crippen LogP contribution in [0.2, 0.25) is 0 Å². The van der Waals surface area contributed by atoms with Crippen LogP contribution in [0.5, 0.6) is 5.75 Å². The molecular formula is C39H50OP2. The van der Waals surface area contributed by atoms with Crippen molar-refractivity contribution in [3.63, 3.8) is 0 Å².